The zero-order chi connectivity index (χ0) is 21.3. The number of nitro benzene ring substituents is 1. The van der Waals surface area contributed by atoms with Gasteiger partial charge in [0.15, 0.2) is 16.3 Å². The third-order valence-electron chi connectivity index (χ3n) is 4.41. The Morgan fingerprint density at radius 1 is 1.23 bits per heavy atom. The summed E-state index contributed by atoms with van der Waals surface area (Å²) < 4.78 is 17.9. The minimum atomic E-state index is -0.506. The van der Waals surface area contributed by atoms with Crippen LogP contribution < -0.4 is 14.3 Å². The standard InChI is InChI=1S/C19H15N3O7S/c1-27-18(24)9-21-13-7-14-15(29-10-28-14)8-16(13)30-19(21)20-17(23)6-11-2-4-12(5-3-11)22(25)26/h2-5,7-8H,6,9-10H2,1H3. The van der Waals surface area contributed by atoms with Gasteiger partial charge < -0.3 is 18.8 Å². The van der Waals surface area contributed by atoms with E-state index in [2.05, 4.69) is 4.99 Å². The zero-order valence-electron chi connectivity index (χ0n) is 15.7. The highest BCUT2D eigenvalue weighted by Crippen LogP contribution is 2.37. The maximum Gasteiger partial charge on any atom is 0.325 e. The number of hydrogen-bond donors (Lipinski definition) is 0. The SMILES string of the molecule is COC(=O)Cn1c(=NC(=O)Cc2ccc([N+](=O)[O-])cc2)sc2cc3c(cc21)OCO3. The van der Waals surface area contributed by atoms with Crippen molar-refractivity contribution < 1.29 is 28.7 Å². The van der Waals surface area contributed by atoms with Gasteiger partial charge in [-0.05, 0) is 5.56 Å². The summed E-state index contributed by atoms with van der Waals surface area (Å²) in [4.78, 5) is 39.1. The summed E-state index contributed by atoms with van der Waals surface area (Å²) >= 11 is 1.23. The van der Waals surface area contributed by atoms with Crippen LogP contribution >= 0.6 is 11.3 Å². The van der Waals surface area contributed by atoms with Crippen molar-refractivity contribution in [2.75, 3.05) is 13.9 Å². The number of benzene rings is 2. The monoisotopic (exact) mass is 429 g/mol. The molecule has 0 N–H and O–H groups in total. The van der Waals surface area contributed by atoms with E-state index < -0.39 is 16.8 Å². The van der Waals surface area contributed by atoms with Crippen LogP contribution in [0.15, 0.2) is 41.4 Å². The maximum absolute atomic E-state index is 12.5. The Bertz CT molecular complexity index is 1230. The molecule has 3 aromatic rings. The number of amides is 1. The summed E-state index contributed by atoms with van der Waals surface area (Å²) in [6.07, 6.45) is -0.0345. The van der Waals surface area contributed by atoms with Crippen molar-refractivity contribution in [2.45, 2.75) is 13.0 Å². The van der Waals surface area contributed by atoms with Crippen molar-refractivity contribution in [1.29, 1.82) is 0 Å². The number of aromatic nitrogens is 1. The Morgan fingerprint density at radius 3 is 2.60 bits per heavy atom. The van der Waals surface area contributed by atoms with Gasteiger partial charge in [-0.25, -0.2) is 0 Å². The molecule has 2 heterocycles. The fraction of sp³-hybridized carbons (Fsp3) is 0.211. The highest BCUT2D eigenvalue weighted by Gasteiger charge is 2.19. The summed E-state index contributed by atoms with van der Waals surface area (Å²) in [5.41, 5.74) is 1.20. The largest absolute Gasteiger partial charge is 0.468 e. The minimum absolute atomic E-state index is 0.0345. The van der Waals surface area contributed by atoms with Crippen LogP contribution in [-0.2, 0) is 27.3 Å². The summed E-state index contributed by atoms with van der Waals surface area (Å²) in [5.74, 6) is 0.186. The van der Waals surface area contributed by atoms with Crippen LogP contribution in [0.2, 0.25) is 0 Å². The molecule has 10 nitrogen and oxygen atoms in total. The first-order valence-electron chi connectivity index (χ1n) is 8.75. The molecule has 0 spiro atoms. The van der Waals surface area contributed by atoms with Crippen molar-refractivity contribution in [3.05, 3.63) is 56.9 Å². The molecule has 154 valence electrons. The van der Waals surface area contributed by atoms with Crippen LogP contribution in [0.3, 0.4) is 0 Å². The second-order valence-corrected chi connectivity index (χ2v) is 7.34. The van der Waals surface area contributed by atoms with Gasteiger partial charge in [-0.15, -0.1) is 0 Å². The molecule has 0 saturated heterocycles. The van der Waals surface area contributed by atoms with Crippen LogP contribution in [0.5, 0.6) is 11.5 Å². The van der Waals surface area contributed by atoms with E-state index in [9.17, 15) is 19.7 Å². The van der Waals surface area contributed by atoms with E-state index >= 15 is 0 Å². The number of esters is 1. The Labute approximate surface area is 173 Å². The van der Waals surface area contributed by atoms with Crippen LogP contribution in [0, 0.1) is 10.1 Å². The Morgan fingerprint density at radius 2 is 1.93 bits per heavy atom. The lowest BCUT2D eigenvalue weighted by atomic mass is 10.1. The number of nitrogens with zero attached hydrogens (tertiary/aromatic N) is 3. The number of fused-ring (bicyclic) bond motifs is 2. The number of thiazole rings is 1. The Balaban J connectivity index is 1.69. The number of ether oxygens (including phenoxy) is 3. The normalized spacial score (nSPS) is 12.9. The number of hydrogen-bond acceptors (Lipinski definition) is 8. The molecule has 0 fully saturated rings. The van der Waals surface area contributed by atoms with E-state index in [1.807, 2.05) is 0 Å². The lowest BCUT2D eigenvalue weighted by molar-refractivity contribution is -0.384. The molecule has 0 saturated carbocycles. The van der Waals surface area contributed by atoms with Gasteiger partial charge in [0.25, 0.3) is 11.6 Å². The maximum atomic E-state index is 12.5. The topological polar surface area (TPSA) is 122 Å². The van der Waals surface area contributed by atoms with Gasteiger partial charge in [0.1, 0.15) is 6.54 Å². The highest BCUT2D eigenvalue weighted by atomic mass is 32.1. The minimum Gasteiger partial charge on any atom is -0.468 e. The average Bonchev–Trinajstić information content (AvgIpc) is 3.30. The molecule has 0 unspecified atom stereocenters. The first kappa shape index (κ1) is 19.6. The predicted molar refractivity (Wildman–Crippen MR) is 105 cm³/mol. The van der Waals surface area contributed by atoms with Crippen LogP contribution in [0.1, 0.15) is 5.56 Å². The fourth-order valence-corrected chi connectivity index (χ4v) is 4.00. The third-order valence-corrected chi connectivity index (χ3v) is 5.46. The number of nitro groups is 1. The molecule has 0 radical (unpaired) electrons. The second-order valence-electron chi connectivity index (χ2n) is 6.33. The van der Waals surface area contributed by atoms with Gasteiger partial charge in [-0.2, -0.15) is 4.99 Å². The molecule has 0 atom stereocenters. The zero-order valence-corrected chi connectivity index (χ0v) is 16.5. The third kappa shape index (κ3) is 3.87. The van der Waals surface area contributed by atoms with E-state index in [1.165, 1.54) is 42.7 Å². The summed E-state index contributed by atoms with van der Waals surface area (Å²) in [5, 5.41) is 10.7. The molecule has 2 aromatic carbocycles. The van der Waals surface area contributed by atoms with E-state index in [0.29, 0.717) is 27.4 Å². The van der Waals surface area contributed by atoms with E-state index in [0.717, 1.165) is 4.70 Å². The molecular weight excluding hydrogens is 414 g/mol. The predicted octanol–water partition coefficient (Wildman–Crippen LogP) is 2.18. The number of rotatable bonds is 5. The lowest BCUT2D eigenvalue weighted by Gasteiger charge is -2.04. The van der Waals surface area contributed by atoms with Gasteiger partial charge in [0, 0.05) is 24.3 Å². The lowest BCUT2D eigenvalue weighted by Crippen LogP contribution is -2.22. The highest BCUT2D eigenvalue weighted by molar-refractivity contribution is 7.16. The molecule has 0 aliphatic carbocycles. The molecule has 4 rings (SSSR count). The summed E-state index contributed by atoms with van der Waals surface area (Å²) in [7, 11) is 1.28. The van der Waals surface area contributed by atoms with Crippen molar-refractivity contribution >= 4 is 39.1 Å². The number of carbonyl (C=O) groups is 2. The van der Waals surface area contributed by atoms with E-state index in [-0.39, 0.29) is 25.4 Å². The molecule has 1 aliphatic heterocycles. The first-order chi connectivity index (χ1) is 14.4. The van der Waals surface area contributed by atoms with E-state index in [4.69, 9.17) is 14.2 Å². The van der Waals surface area contributed by atoms with Crippen LogP contribution in [0.4, 0.5) is 5.69 Å². The van der Waals surface area contributed by atoms with Gasteiger partial charge in [-0.3, -0.25) is 19.7 Å². The van der Waals surface area contributed by atoms with Gasteiger partial charge >= 0.3 is 5.97 Å². The van der Waals surface area contributed by atoms with Crippen molar-refractivity contribution in [3.63, 3.8) is 0 Å². The number of carbonyl (C=O) groups excluding carboxylic acids is 2. The van der Waals surface area contributed by atoms with Crippen LogP contribution in [0.25, 0.3) is 10.2 Å². The van der Waals surface area contributed by atoms with Gasteiger partial charge in [0.05, 0.1) is 28.7 Å². The van der Waals surface area contributed by atoms with Crippen LogP contribution in [-0.4, -0.2) is 35.3 Å². The number of methoxy groups -OCH3 is 1. The van der Waals surface area contributed by atoms with E-state index in [1.54, 1.807) is 16.7 Å². The second kappa shape index (κ2) is 7.95. The van der Waals surface area contributed by atoms with Gasteiger partial charge in [-0.1, -0.05) is 23.5 Å². The Kier molecular flexibility index (Phi) is 5.19. The van der Waals surface area contributed by atoms with Crippen molar-refractivity contribution in [1.82, 2.24) is 4.57 Å². The average molecular weight is 429 g/mol. The molecule has 1 aliphatic rings. The summed E-state index contributed by atoms with van der Waals surface area (Å²) in [6.45, 7) is -0.00560. The first-order valence-corrected chi connectivity index (χ1v) is 9.57. The molecule has 1 aromatic heterocycles. The molecule has 30 heavy (non-hydrogen) atoms. The molecule has 11 heteroatoms. The summed E-state index contributed by atoms with van der Waals surface area (Å²) in [6, 6.07) is 9.20. The van der Waals surface area contributed by atoms with Gasteiger partial charge in [0.2, 0.25) is 6.79 Å². The molecular formula is C19H15N3O7S. The van der Waals surface area contributed by atoms with Crippen molar-refractivity contribution in [2.24, 2.45) is 4.99 Å². The molecule has 0 bridgehead atoms. The Hall–Kier alpha value is -3.73. The smallest absolute Gasteiger partial charge is 0.325 e. The fourth-order valence-electron chi connectivity index (χ4n) is 2.95. The quantitative estimate of drug-likeness (QED) is 0.346. The molecule has 1 amide bonds. The van der Waals surface area contributed by atoms with Crippen molar-refractivity contribution in [3.8, 4) is 11.5 Å². The number of non-ortho nitro benzene ring substituents is 1.